The number of hydrogen-bond donors (Lipinski definition) is 1. The van der Waals surface area contributed by atoms with E-state index in [-0.39, 0.29) is 0 Å². The molecule has 0 unspecified atom stereocenters. The van der Waals surface area contributed by atoms with Crippen molar-refractivity contribution in [3.8, 4) is 0 Å². The van der Waals surface area contributed by atoms with Crippen LogP contribution in [0.4, 0.5) is 5.69 Å². The summed E-state index contributed by atoms with van der Waals surface area (Å²) in [5, 5.41) is 2.73. The molecule has 0 aliphatic carbocycles. The molecular weight excluding hydrogens is 254 g/mol. The molecule has 2 amide bonds. The number of rotatable bonds is 2. The number of para-hydroxylation sites is 1. The topological polar surface area (TPSA) is 52.7 Å². The quantitative estimate of drug-likeness (QED) is 0.818. The highest BCUT2D eigenvalue weighted by atomic mass is 16.2. The Hall–Kier alpha value is -1.88. The molecule has 5 nitrogen and oxygen atoms in total. The van der Waals surface area contributed by atoms with Crippen molar-refractivity contribution in [2.45, 2.75) is 13.3 Å². The third-order valence-corrected chi connectivity index (χ3v) is 3.63. The first kappa shape index (κ1) is 14.5. The number of hydrogen-bond acceptors (Lipinski definition) is 3. The molecule has 2 rings (SSSR count). The minimum Gasteiger partial charge on any atom is -0.332 e. The first-order valence-corrected chi connectivity index (χ1v) is 6.98. The molecule has 0 radical (unpaired) electrons. The van der Waals surface area contributed by atoms with Crippen molar-refractivity contribution >= 4 is 17.5 Å². The predicted octanol–water partition coefficient (Wildman–Crippen LogP) is 0.961. The summed E-state index contributed by atoms with van der Waals surface area (Å²) in [6.07, 6.45) is 0.819. The molecule has 5 heteroatoms. The molecule has 0 aromatic heterocycles. The molecule has 1 N–H and O–H groups in total. The number of benzene rings is 1. The van der Waals surface area contributed by atoms with Crippen LogP contribution in [-0.4, -0.2) is 54.8 Å². The molecule has 1 aromatic rings. The normalized spacial score (nSPS) is 16.0. The van der Waals surface area contributed by atoms with Gasteiger partial charge in [-0.1, -0.05) is 25.1 Å². The number of anilines is 1. The van der Waals surface area contributed by atoms with Crippen molar-refractivity contribution in [3.05, 3.63) is 29.8 Å². The maximum Gasteiger partial charge on any atom is 0.313 e. The largest absolute Gasteiger partial charge is 0.332 e. The Morgan fingerprint density at radius 2 is 1.80 bits per heavy atom. The minimum absolute atomic E-state index is 0.441. The van der Waals surface area contributed by atoms with Crippen molar-refractivity contribution in [2.24, 2.45) is 0 Å². The number of aryl methyl sites for hydroxylation is 1. The van der Waals surface area contributed by atoms with Crippen LogP contribution in [0.5, 0.6) is 0 Å². The number of piperazine rings is 1. The number of likely N-dealkylation sites (N-methyl/N-ethyl adjacent to an activating group) is 1. The van der Waals surface area contributed by atoms with E-state index in [0.717, 1.165) is 30.8 Å². The summed E-state index contributed by atoms with van der Waals surface area (Å²) in [6.45, 7) is 4.86. The lowest BCUT2D eigenvalue weighted by Gasteiger charge is -2.31. The maximum absolute atomic E-state index is 12.1. The molecule has 0 atom stereocenters. The van der Waals surface area contributed by atoms with Gasteiger partial charge in [-0.25, -0.2) is 0 Å². The summed E-state index contributed by atoms with van der Waals surface area (Å²) in [4.78, 5) is 27.9. The van der Waals surface area contributed by atoms with E-state index in [9.17, 15) is 9.59 Å². The van der Waals surface area contributed by atoms with Crippen LogP contribution in [0.25, 0.3) is 0 Å². The molecule has 1 heterocycles. The van der Waals surface area contributed by atoms with Gasteiger partial charge in [0.15, 0.2) is 0 Å². The van der Waals surface area contributed by atoms with Crippen molar-refractivity contribution < 1.29 is 9.59 Å². The van der Waals surface area contributed by atoms with Crippen LogP contribution in [0, 0.1) is 0 Å². The van der Waals surface area contributed by atoms with Gasteiger partial charge in [0.1, 0.15) is 0 Å². The molecule has 1 aliphatic heterocycles. The molecule has 0 bridgehead atoms. The number of nitrogens with one attached hydrogen (secondary N) is 1. The minimum atomic E-state index is -0.546. The zero-order valence-corrected chi connectivity index (χ0v) is 12.1. The molecule has 1 fully saturated rings. The van der Waals surface area contributed by atoms with Gasteiger partial charge >= 0.3 is 11.8 Å². The van der Waals surface area contributed by atoms with E-state index in [1.165, 1.54) is 0 Å². The van der Waals surface area contributed by atoms with Gasteiger partial charge in [-0.05, 0) is 25.1 Å². The predicted molar refractivity (Wildman–Crippen MR) is 78.5 cm³/mol. The molecule has 0 saturated carbocycles. The average Bonchev–Trinajstić information content (AvgIpc) is 2.48. The first-order valence-electron chi connectivity index (χ1n) is 6.98. The summed E-state index contributed by atoms with van der Waals surface area (Å²) >= 11 is 0. The lowest BCUT2D eigenvalue weighted by atomic mass is 10.1. The third kappa shape index (κ3) is 3.36. The SMILES string of the molecule is CCc1ccccc1NC(=O)C(=O)N1CCN(C)CC1. The maximum atomic E-state index is 12.1. The summed E-state index contributed by atoms with van der Waals surface area (Å²) in [5.41, 5.74) is 1.76. The van der Waals surface area contributed by atoms with Crippen LogP contribution in [0.15, 0.2) is 24.3 Å². The monoisotopic (exact) mass is 275 g/mol. The highest BCUT2D eigenvalue weighted by Gasteiger charge is 2.25. The Labute approximate surface area is 119 Å². The fourth-order valence-corrected chi connectivity index (χ4v) is 2.28. The highest BCUT2D eigenvalue weighted by molar-refractivity contribution is 6.39. The second-order valence-electron chi connectivity index (χ2n) is 5.06. The van der Waals surface area contributed by atoms with E-state index < -0.39 is 11.8 Å². The van der Waals surface area contributed by atoms with E-state index >= 15 is 0 Å². The van der Waals surface area contributed by atoms with Crippen molar-refractivity contribution in [3.63, 3.8) is 0 Å². The second-order valence-corrected chi connectivity index (χ2v) is 5.06. The van der Waals surface area contributed by atoms with Crippen LogP contribution in [-0.2, 0) is 16.0 Å². The smallest absolute Gasteiger partial charge is 0.313 e. The van der Waals surface area contributed by atoms with Crippen LogP contribution < -0.4 is 5.32 Å². The Morgan fingerprint density at radius 3 is 2.45 bits per heavy atom. The zero-order valence-electron chi connectivity index (χ0n) is 12.1. The van der Waals surface area contributed by atoms with Crippen LogP contribution >= 0.6 is 0 Å². The van der Waals surface area contributed by atoms with Gasteiger partial charge in [-0.2, -0.15) is 0 Å². The van der Waals surface area contributed by atoms with Gasteiger partial charge in [0.25, 0.3) is 0 Å². The molecule has 108 valence electrons. The Morgan fingerprint density at radius 1 is 1.15 bits per heavy atom. The lowest BCUT2D eigenvalue weighted by Crippen LogP contribution is -2.50. The summed E-state index contributed by atoms with van der Waals surface area (Å²) < 4.78 is 0. The van der Waals surface area contributed by atoms with Crippen LogP contribution in [0.2, 0.25) is 0 Å². The summed E-state index contributed by atoms with van der Waals surface area (Å²) in [6, 6.07) is 7.57. The summed E-state index contributed by atoms with van der Waals surface area (Å²) in [5.74, 6) is -0.987. The fourth-order valence-electron chi connectivity index (χ4n) is 2.28. The van der Waals surface area contributed by atoms with Gasteiger partial charge < -0.3 is 15.1 Å². The van der Waals surface area contributed by atoms with E-state index in [4.69, 9.17) is 0 Å². The molecule has 1 aromatic carbocycles. The van der Waals surface area contributed by atoms with Gasteiger partial charge in [0.2, 0.25) is 0 Å². The second kappa shape index (κ2) is 6.52. The van der Waals surface area contributed by atoms with Crippen molar-refractivity contribution in [2.75, 3.05) is 38.5 Å². The summed E-state index contributed by atoms with van der Waals surface area (Å²) in [7, 11) is 2.01. The standard InChI is InChI=1S/C15H21N3O2/c1-3-12-6-4-5-7-13(12)16-14(19)15(20)18-10-8-17(2)9-11-18/h4-7H,3,8-11H2,1-2H3,(H,16,19). The number of nitrogens with zero attached hydrogens (tertiary/aromatic N) is 2. The van der Waals surface area contributed by atoms with Gasteiger partial charge in [-0.3, -0.25) is 9.59 Å². The van der Waals surface area contributed by atoms with Gasteiger partial charge in [0.05, 0.1) is 0 Å². The Bertz CT molecular complexity index is 494. The van der Waals surface area contributed by atoms with E-state index in [2.05, 4.69) is 10.2 Å². The third-order valence-electron chi connectivity index (χ3n) is 3.63. The molecule has 1 saturated heterocycles. The molecule has 1 aliphatic rings. The van der Waals surface area contributed by atoms with Crippen LogP contribution in [0.3, 0.4) is 0 Å². The molecule has 20 heavy (non-hydrogen) atoms. The fraction of sp³-hybridized carbons (Fsp3) is 0.467. The van der Waals surface area contributed by atoms with E-state index in [0.29, 0.717) is 13.1 Å². The molecular formula is C15H21N3O2. The zero-order chi connectivity index (χ0) is 14.5. The van der Waals surface area contributed by atoms with E-state index in [1.807, 2.05) is 38.2 Å². The first-order chi connectivity index (χ1) is 9.61. The van der Waals surface area contributed by atoms with Crippen molar-refractivity contribution in [1.29, 1.82) is 0 Å². The Kier molecular flexibility index (Phi) is 4.74. The number of amides is 2. The lowest BCUT2D eigenvalue weighted by molar-refractivity contribution is -0.144. The highest BCUT2D eigenvalue weighted by Crippen LogP contribution is 2.15. The van der Waals surface area contributed by atoms with Gasteiger partial charge in [-0.15, -0.1) is 0 Å². The van der Waals surface area contributed by atoms with Crippen LogP contribution in [0.1, 0.15) is 12.5 Å². The number of carbonyl (C=O) groups is 2. The number of carbonyl (C=O) groups excluding carboxylic acids is 2. The average molecular weight is 275 g/mol. The Balaban J connectivity index is 1.99. The molecule has 0 spiro atoms. The van der Waals surface area contributed by atoms with E-state index in [1.54, 1.807) is 4.90 Å². The van der Waals surface area contributed by atoms with Crippen molar-refractivity contribution in [1.82, 2.24) is 9.80 Å². The van der Waals surface area contributed by atoms with Gasteiger partial charge in [0, 0.05) is 31.9 Å².